The lowest BCUT2D eigenvalue weighted by molar-refractivity contribution is 0.0691. The van der Waals surface area contributed by atoms with Crippen molar-refractivity contribution in [2.75, 3.05) is 0 Å². The molecule has 0 atom stereocenters. The Bertz CT molecular complexity index is 661. The summed E-state index contributed by atoms with van der Waals surface area (Å²) >= 11 is 7.94. The van der Waals surface area contributed by atoms with Crippen molar-refractivity contribution in [3.05, 3.63) is 61.9 Å². The van der Waals surface area contributed by atoms with Crippen molar-refractivity contribution in [3.8, 4) is 5.75 Å². The van der Waals surface area contributed by atoms with Crippen LogP contribution < -0.4 is 4.74 Å². The first-order chi connectivity index (χ1) is 9.47. The Labute approximate surface area is 133 Å². The predicted octanol–water partition coefficient (Wildman–Crippen LogP) is 4.36. The summed E-state index contributed by atoms with van der Waals surface area (Å²) in [5.74, 6) is -1.28. The van der Waals surface area contributed by atoms with Gasteiger partial charge in [-0.2, -0.15) is 0 Å². The van der Waals surface area contributed by atoms with E-state index in [0.29, 0.717) is 10.6 Å². The SMILES string of the molecule is O=C(O)c1cc(I)ccc1OCc1cc(F)ccc1Cl. The minimum Gasteiger partial charge on any atom is -0.488 e. The zero-order chi connectivity index (χ0) is 14.7. The molecular formula is C14H9ClFIO3. The van der Waals surface area contributed by atoms with Gasteiger partial charge in [-0.05, 0) is 59.0 Å². The quantitative estimate of drug-likeness (QED) is 0.768. The van der Waals surface area contributed by atoms with Crippen molar-refractivity contribution in [2.24, 2.45) is 0 Å². The summed E-state index contributed by atoms with van der Waals surface area (Å²) in [6, 6.07) is 8.75. The van der Waals surface area contributed by atoms with Gasteiger partial charge in [-0.1, -0.05) is 11.6 Å². The van der Waals surface area contributed by atoms with E-state index in [1.165, 1.54) is 24.3 Å². The Hall–Kier alpha value is -1.34. The van der Waals surface area contributed by atoms with Crippen LogP contribution in [0.3, 0.4) is 0 Å². The van der Waals surface area contributed by atoms with Gasteiger partial charge in [0.25, 0.3) is 0 Å². The van der Waals surface area contributed by atoms with Gasteiger partial charge in [0, 0.05) is 14.2 Å². The van der Waals surface area contributed by atoms with Gasteiger partial charge in [0.2, 0.25) is 0 Å². The molecule has 20 heavy (non-hydrogen) atoms. The molecule has 0 saturated carbocycles. The van der Waals surface area contributed by atoms with Gasteiger partial charge in [0.15, 0.2) is 0 Å². The first-order valence-corrected chi connectivity index (χ1v) is 7.02. The third-order valence-electron chi connectivity index (χ3n) is 2.56. The first-order valence-electron chi connectivity index (χ1n) is 5.57. The minimum absolute atomic E-state index is 0.00251. The topological polar surface area (TPSA) is 46.5 Å². The fraction of sp³-hybridized carbons (Fsp3) is 0.0714. The molecule has 0 spiro atoms. The van der Waals surface area contributed by atoms with E-state index in [1.54, 1.807) is 12.1 Å². The lowest BCUT2D eigenvalue weighted by atomic mass is 10.2. The van der Waals surface area contributed by atoms with Gasteiger partial charge in [-0.3, -0.25) is 0 Å². The molecule has 104 valence electrons. The number of ether oxygens (including phenoxy) is 1. The maximum atomic E-state index is 13.1. The summed E-state index contributed by atoms with van der Waals surface area (Å²) in [6.07, 6.45) is 0. The minimum atomic E-state index is -1.08. The number of rotatable bonds is 4. The highest BCUT2D eigenvalue weighted by Crippen LogP contribution is 2.24. The maximum absolute atomic E-state index is 13.1. The second-order valence-corrected chi connectivity index (χ2v) is 5.62. The smallest absolute Gasteiger partial charge is 0.339 e. The Morgan fingerprint density at radius 1 is 1.30 bits per heavy atom. The number of hydrogen-bond acceptors (Lipinski definition) is 2. The first kappa shape index (κ1) is 15.1. The molecule has 0 fully saturated rings. The average molecular weight is 407 g/mol. The van der Waals surface area contributed by atoms with Crippen LogP contribution in [0.1, 0.15) is 15.9 Å². The Balaban J connectivity index is 2.23. The van der Waals surface area contributed by atoms with Crippen LogP contribution in [0, 0.1) is 9.39 Å². The highest BCUT2D eigenvalue weighted by atomic mass is 127. The number of carbonyl (C=O) groups is 1. The normalized spacial score (nSPS) is 10.3. The van der Waals surface area contributed by atoms with E-state index in [-0.39, 0.29) is 17.9 Å². The van der Waals surface area contributed by atoms with Crippen LogP contribution in [0.5, 0.6) is 5.75 Å². The van der Waals surface area contributed by atoms with Gasteiger partial charge in [-0.15, -0.1) is 0 Å². The molecule has 1 N–H and O–H groups in total. The van der Waals surface area contributed by atoms with Gasteiger partial charge in [0.05, 0.1) is 0 Å². The van der Waals surface area contributed by atoms with Crippen molar-refractivity contribution in [1.82, 2.24) is 0 Å². The van der Waals surface area contributed by atoms with Crippen LogP contribution in [0.4, 0.5) is 4.39 Å². The molecule has 2 aromatic rings. The number of hydrogen-bond donors (Lipinski definition) is 1. The summed E-state index contributed by atoms with van der Waals surface area (Å²) in [5, 5.41) is 9.49. The van der Waals surface area contributed by atoms with Crippen LogP contribution in [0.15, 0.2) is 36.4 Å². The fourth-order valence-corrected chi connectivity index (χ4v) is 2.27. The number of carboxylic acids is 1. The molecule has 6 heteroatoms. The van der Waals surface area contributed by atoms with E-state index >= 15 is 0 Å². The molecule has 0 bridgehead atoms. The third kappa shape index (κ3) is 3.61. The Morgan fingerprint density at radius 2 is 2.05 bits per heavy atom. The molecule has 3 nitrogen and oxygen atoms in total. The lowest BCUT2D eigenvalue weighted by Crippen LogP contribution is -2.04. The third-order valence-corrected chi connectivity index (χ3v) is 3.60. The zero-order valence-electron chi connectivity index (χ0n) is 10.1. The molecule has 0 aromatic heterocycles. The van der Waals surface area contributed by atoms with E-state index in [4.69, 9.17) is 21.4 Å². The average Bonchev–Trinajstić information content (AvgIpc) is 2.40. The fourth-order valence-electron chi connectivity index (χ4n) is 1.60. The molecule has 0 heterocycles. The summed E-state index contributed by atoms with van der Waals surface area (Å²) in [6.45, 7) is -0.00251. The Morgan fingerprint density at radius 3 is 2.75 bits per heavy atom. The van der Waals surface area contributed by atoms with Crippen molar-refractivity contribution >= 4 is 40.2 Å². The molecule has 0 saturated heterocycles. The number of carboxylic acid groups (broad SMARTS) is 1. The van der Waals surface area contributed by atoms with Gasteiger partial charge in [0.1, 0.15) is 23.7 Å². The second-order valence-electron chi connectivity index (χ2n) is 3.97. The molecule has 0 aliphatic heterocycles. The number of benzene rings is 2. The standard InChI is InChI=1S/C14H9ClFIO3/c15-12-3-1-9(16)5-8(12)7-20-13-4-2-10(17)6-11(13)14(18)19/h1-6H,7H2,(H,18,19). The predicted molar refractivity (Wildman–Crippen MR) is 81.9 cm³/mol. The van der Waals surface area contributed by atoms with Crippen LogP contribution in [-0.4, -0.2) is 11.1 Å². The van der Waals surface area contributed by atoms with Gasteiger partial charge in [-0.25, -0.2) is 9.18 Å². The van der Waals surface area contributed by atoms with Gasteiger partial charge >= 0.3 is 5.97 Å². The summed E-state index contributed by atoms with van der Waals surface area (Å²) in [7, 11) is 0. The van der Waals surface area contributed by atoms with Crippen molar-refractivity contribution in [2.45, 2.75) is 6.61 Å². The van der Waals surface area contributed by atoms with Crippen molar-refractivity contribution in [1.29, 1.82) is 0 Å². The molecule has 0 amide bonds. The number of aromatic carboxylic acids is 1. The molecule has 0 radical (unpaired) electrons. The second kappa shape index (κ2) is 6.41. The number of halogens is 3. The highest BCUT2D eigenvalue weighted by molar-refractivity contribution is 14.1. The van der Waals surface area contributed by atoms with E-state index in [2.05, 4.69) is 0 Å². The summed E-state index contributed by atoms with van der Waals surface area (Å²) in [4.78, 5) is 11.1. The van der Waals surface area contributed by atoms with E-state index in [1.807, 2.05) is 22.6 Å². The van der Waals surface area contributed by atoms with E-state index < -0.39 is 11.8 Å². The molecule has 0 unspecified atom stereocenters. The molecule has 2 rings (SSSR count). The van der Waals surface area contributed by atoms with Crippen molar-refractivity contribution in [3.63, 3.8) is 0 Å². The highest BCUT2D eigenvalue weighted by Gasteiger charge is 2.12. The summed E-state index contributed by atoms with van der Waals surface area (Å²) < 4.78 is 19.4. The van der Waals surface area contributed by atoms with Crippen LogP contribution in [-0.2, 0) is 6.61 Å². The van der Waals surface area contributed by atoms with Gasteiger partial charge < -0.3 is 9.84 Å². The lowest BCUT2D eigenvalue weighted by Gasteiger charge is -2.10. The van der Waals surface area contributed by atoms with Crippen LogP contribution in [0.2, 0.25) is 5.02 Å². The molecular weight excluding hydrogens is 398 g/mol. The van der Waals surface area contributed by atoms with E-state index in [9.17, 15) is 9.18 Å². The molecule has 0 aliphatic carbocycles. The molecule has 0 aliphatic rings. The monoisotopic (exact) mass is 406 g/mol. The maximum Gasteiger partial charge on any atom is 0.339 e. The Kier molecular flexibility index (Phi) is 4.82. The van der Waals surface area contributed by atoms with Crippen LogP contribution >= 0.6 is 34.2 Å². The van der Waals surface area contributed by atoms with Crippen LogP contribution in [0.25, 0.3) is 0 Å². The van der Waals surface area contributed by atoms with Crippen molar-refractivity contribution < 1.29 is 19.0 Å². The zero-order valence-corrected chi connectivity index (χ0v) is 13.0. The molecule has 2 aromatic carbocycles. The largest absolute Gasteiger partial charge is 0.488 e. The van der Waals surface area contributed by atoms with E-state index in [0.717, 1.165) is 3.57 Å². The summed E-state index contributed by atoms with van der Waals surface area (Å²) in [5.41, 5.74) is 0.519.